The summed E-state index contributed by atoms with van der Waals surface area (Å²) in [6.07, 6.45) is 3.41. The number of ketones is 1. The van der Waals surface area contributed by atoms with Crippen molar-refractivity contribution in [2.75, 3.05) is 7.11 Å². The first kappa shape index (κ1) is 15.1. The van der Waals surface area contributed by atoms with E-state index in [9.17, 15) is 4.79 Å². The Morgan fingerprint density at radius 2 is 1.76 bits per heavy atom. The normalized spacial score (nSPS) is 10.8. The van der Waals surface area contributed by atoms with Gasteiger partial charge in [-0.05, 0) is 30.3 Å². The van der Waals surface area contributed by atoms with Crippen LogP contribution in [0.5, 0.6) is 5.75 Å². The topological polar surface area (TPSA) is 52.3 Å². The molecule has 0 radical (unpaired) electrons. The summed E-state index contributed by atoms with van der Waals surface area (Å²) in [5.74, 6) is 1.22. The monoisotopic (exact) mass is 329 g/mol. The highest BCUT2D eigenvalue weighted by atomic mass is 16.5. The Bertz CT molecular complexity index is 1040. The molecule has 2 aromatic heterocycles. The van der Waals surface area contributed by atoms with Crippen LogP contribution in [0.4, 0.5) is 0 Å². The Morgan fingerprint density at radius 3 is 2.48 bits per heavy atom. The van der Waals surface area contributed by atoms with Gasteiger partial charge in [-0.25, -0.2) is 0 Å². The predicted molar refractivity (Wildman–Crippen MR) is 95.9 cm³/mol. The Morgan fingerprint density at radius 1 is 1.00 bits per heavy atom. The molecule has 4 aromatic rings. The number of ether oxygens (including phenoxy) is 1. The van der Waals surface area contributed by atoms with Gasteiger partial charge in [-0.2, -0.15) is 0 Å². The van der Waals surface area contributed by atoms with Crippen molar-refractivity contribution in [2.24, 2.45) is 0 Å². The number of aromatic nitrogens is 1. The van der Waals surface area contributed by atoms with Gasteiger partial charge in [-0.15, -0.1) is 0 Å². The Hall–Kier alpha value is -3.40. The number of rotatable bonds is 4. The third-order valence-electron chi connectivity index (χ3n) is 4.11. The van der Waals surface area contributed by atoms with Gasteiger partial charge >= 0.3 is 0 Å². The number of hydrogen-bond donors (Lipinski definition) is 0. The summed E-state index contributed by atoms with van der Waals surface area (Å²) in [6, 6.07) is 18.4. The lowest BCUT2D eigenvalue weighted by atomic mass is 9.99. The Kier molecular flexibility index (Phi) is 3.78. The average molecular weight is 329 g/mol. The molecule has 4 nitrogen and oxygen atoms in total. The molecule has 0 aliphatic carbocycles. The molecule has 0 amide bonds. The lowest BCUT2D eigenvalue weighted by molar-refractivity contribution is 0.104. The first-order chi connectivity index (χ1) is 12.3. The molecule has 0 saturated carbocycles. The highest BCUT2D eigenvalue weighted by Crippen LogP contribution is 2.36. The van der Waals surface area contributed by atoms with E-state index in [1.807, 2.05) is 48.5 Å². The van der Waals surface area contributed by atoms with Crippen LogP contribution in [0.1, 0.15) is 15.9 Å². The largest absolute Gasteiger partial charge is 0.493 e. The summed E-state index contributed by atoms with van der Waals surface area (Å²) in [5, 5.41) is 0.736. The Balaban J connectivity index is 1.91. The summed E-state index contributed by atoms with van der Waals surface area (Å²) in [7, 11) is 1.59. The summed E-state index contributed by atoms with van der Waals surface area (Å²) in [4.78, 5) is 16.9. The van der Waals surface area contributed by atoms with Crippen molar-refractivity contribution in [3.63, 3.8) is 0 Å². The maximum absolute atomic E-state index is 12.9. The molecule has 0 unspecified atom stereocenters. The smallest absolute Gasteiger partial charge is 0.193 e. The van der Waals surface area contributed by atoms with E-state index in [1.54, 1.807) is 31.6 Å². The molecule has 0 bridgehead atoms. The zero-order valence-corrected chi connectivity index (χ0v) is 13.6. The van der Waals surface area contributed by atoms with Crippen LogP contribution >= 0.6 is 0 Å². The molecule has 0 N–H and O–H groups in total. The maximum atomic E-state index is 12.9. The van der Waals surface area contributed by atoms with E-state index in [0.717, 1.165) is 10.9 Å². The molecule has 0 aliphatic heterocycles. The average Bonchev–Trinajstić information content (AvgIpc) is 3.13. The summed E-state index contributed by atoms with van der Waals surface area (Å²) in [5.41, 5.74) is 2.69. The lowest BCUT2D eigenvalue weighted by Crippen LogP contribution is -2.01. The lowest BCUT2D eigenvalue weighted by Gasteiger charge is -2.05. The summed E-state index contributed by atoms with van der Waals surface area (Å²) >= 11 is 0. The fourth-order valence-electron chi connectivity index (χ4n) is 2.86. The van der Waals surface area contributed by atoms with Crippen LogP contribution in [0.15, 0.2) is 77.5 Å². The summed E-state index contributed by atoms with van der Waals surface area (Å²) < 4.78 is 11.4. The fourth-order valence-corrected chi connectivity index (χ4v) is 2.86. The zero-order chi connectivity index (χ0) is 17.2. The van der Waals surface area contributed by atoms with E-state index in [1.165, 1.54) is 0 Å². The van der Waals surface area contributed by atoms with E-state index in [-0.39, 0.29) is 5.78 Å². The number of fused-ring (bicyclic) bond motifs is 1. The second-order valence-corrected chi connectivity index (χ2v) is 5.60. The standard InChI is InChI=1S/C21H15NO3/c1-24-18-8-7-16(20(23)15-5-3-2-4-6-15)17-13-19(25-21(17)18)14-9-11-22-12-10-14/h2-13H,1H3. The van der Waals surface area contributed by atoms with Gasteiger partial charge < -0.3 is 9.15 Å². The number of carbonyl (C=O) groups is 1. The molecule has 4 rings (SSSR count). The molecule has 25 heavy (non-hydrogen) atoms. The molecule has 0 saturated heterocycles. The second kappa shape index (κ2) is 6.24. The van der Waals surface area contributed by atoms with Gasteiger partial charge in [0.15, 0.2) is 17.1 Å². The molecule has 2 heterocycles. The van der Waals surface area contributed by atoms with Crippen molar-refractivity contribution in [1.29, 1.82) is 0 Å². The van der Waals surface area contributed by atoms with Gasteiger partial charge in [-0.1, -0.05) is 30.3 Å². The van der Waals surface area contributed by atoms with E-state index < -0.39 is 0 Å². The zero-order valence-electron chi connectivity index (χ0n) is 13.6. The van der Waals surface area contributed by atoms with Gasteiger partial charge in [-0.3, -0.25) is 9.78 Å². The highest BCUT2D eigenvalue weighted by Gasteiger charge is 2.19. The van der Waals surface area contributed by atoms with Crippen molar-refractivity contribution in [3.8, 4) is 17.1 Å². The maximum Gasteiger partial charge on any atom is 0.193 e. The highest BCUT2D eigenvalue weighted by molar-refractivity contribution is 6.17. The van der Waals surface area contributed by atoms with Gasteiger partial charge in [0.2, 0.25) is 0 Å². The quantitative estimate of drug-likeness (QED) is 0.508. The fraction of sp³-hybridized carbons (Fsp3) is 0.0476. The molecule has 4 heteroatoms. The van der Waals surface area contributed by atoms with Crippen LogP contribution in [0, 0.1) is 0 Å². The van der Waals surface area contributed by atoms with E-state index >= 15 is 0 Å². The third kappa shape index (κ3) is 2.68. The summed E-state index contributed by atoms with van der Waals surface area (Å²) in [6.45, 7) is 0. The molecule has 0 fully saturated rings. The van der Waals surface area contributed by atoms with Crippen molar-refractivity contribution in [3.05, 3.63) is 84.2 Å². The van der Waals surface area contributed by atoms with Crippen molar-refractivity contribution >= 4 is 16.8 Å². The van der Waals surface area contributed by atoms with Crippen LogP contribution in [-0.2, 0) is 0 Å². The van der Waals surface area contributed by atoms with Gasteiger partial charge in [0, 0.05) is 34.5 Å². The number of pyridine rings is 1. The predicted octanol–water partition coefficient (Wildman–Crippen LogP) is 4.73. The van der Waals surface area contributed by atoms with Crippen LogP contribution in [0.3, 0.4) is 0 Å². The van der Waals surface area contributed by atoms with E-state index in [2.05, 4.69) is 4.98 Å². The molecule has 2 aromatic carbocycles. The van der Waals surface area contributed by atoms with Gasteiger partial charge in [0.1, 0.15) is 5.76 Å². The first-order valence-electron chi connectivity index (χ1n) is 7.88. The Labute approximate surface area is 144 Å². The minimum absolute atomic E-state index is 0.0460. The van der Waals surface area contributed by atoms with Crippen LogP contribution in [0.2, 0.25) is 0 Å². The number of nitrogens with zero attached hydrogens (tertiary/aromatic N) is 1. The van der Waals surface area contributed by atoms with Crippen LogP contribution < -0.4 is 4.74 Å². The van der Waals surface area contributed by atoms with Crippen LogP contribution in [-0.4, -0.2) is 17.9 Å². The number of furan rings is 1. The van der Waals surface area contributed by atoms with Crippen molar-refractivity contribution < 1.29 is 13.9 Å². The first-order valence-corrected chi connectivity index (χ1v) is 7.88. The molecular weight excluding hydrogens is 314 g/mol. The molecule has 0 spiro atoms. The van der Waals surface area contributed by atoms with Crippen molar-refractivity contribution in [1.82, 2.24) is 4.98 Å². The number of benzene rings is 2. The third-order valence-corrected chi connectivity index (χ3v) is 4.11. The number of methoxy groups -OCH3 is 1. The van der Waals surface area contributed by atoms with E-state index in [0.29, 0.717) is 28.2 Å². The van der Waals surface area contributed by atoms with Gasteiger partial charge in [0.05, 0.1) is 7.11 Å². The van der Waals surface area contributed by atoms with Gasteiger partial charge in [0.25, 0.3) is 0 Å². The molecule has 122 valence electrons. The molecule has 0 aliphatic rings. The minimum atomic E-state index is -0.0460. The van der Waals surface area contributed by atoms with E-state index in [4.69, 9.17) is 9.15 Å². The SMILES string of the molecule is COc1ccc(C(=O)c2ccccc2)c2cc(-c3ccncc3)oc12. The number of carbonyl (C=O) groups excluding carboxylic acids is 1. The minimum Gasteiger partial charge on any atom is -0.493 e. The van der Waals surface area contributed by atoms with Crippen molar-refractivity contribution in [2.45, 2.75) is 0 Å². The molecule has 0 atom stereocenters. The molecular formula is C21H15NO3. The van der Waals surface area contributed by atoms with Crippen LogP contribution in [0.25, 0.3) is 22.3 Å². The second-order valence-electron chi connectivity index (χ2n) is 5.60. The number of hydrogen-bond acceptors (Lipinski definition) is 4.